The normalized spacial score (nSPS) is 11.6. The van der Waals surface area contributed by atoms with Crippen LogP contribution in [0.4, 0.5) is 13.2 Å². The summed E-state index contributed by atoms with van der Waals surface area (Å²) in [6.07, 6.45) is -4.18. The summed E-state index contributed by atoms with van der Waals surface area (Å²) in [5, 5.41) is 2.26. The Hall–Kier alpha value is -0.750. The number of nitrogens with one attached hydrogen (secondary N) is 1. The zero-order chi connectivity index (χ0) is 12.9. The first-order chi connectivity index (χ1) is 7.88. The molecule has 1 aromatic rings. The molecule has 0 saturated heterocycles. The van der Waals surface area contributed by atoms with Crippen LogP contribution in [0.25, 0.3) is 0 Å². The topological polar surface area (TPSA) is 21.3 Å². The molecule has 17 heavy (non-hydrogen) atoms. The van der Waals surface area contributed by atoms with Crippen molar-refractivity contribution in [1.29, 1.82) is 0 Å². The van der Waals surface area contributed by atoms with Crippen LogP contribution in [0.1, 0.15) is 5.56 Å². The van der Waals surface area contributed by atoms with Crippen LogP contribution in [0.2, 0.25) is 0 Å². The van der Waals surface area contributed by atoms with Crippen LogP contribution in [0.15, 0.2) is 22.7 Å². The standard InChI is InChI=1S/C11H13BrF3NO/c1-8-2-3-10(9(12)6-8)17-5-4-16-7-11(13,14)15/h2-3,6,16H,4-5,7H2,1H3. The Balaban J connectivity index is 2.27. The van der Waals surface area contributed by atoms with Crippen molar-refractivity contribution in [3.05, 3.63) is 28.2 Å². The summed E-state index contributed by atoms with van der Waals surface area (Å²) in [5.74, 6) is 0.629. The van der Waals surface area contributed by atoms with Crippen LogP contribution in [0.5, 0.6) is 5.75 Å². The van der Waals surface area contributed by atoms with Gasteiger partial charge in [0.25, 0.3) is 0 Å². The highest BCUT2D eigenvalue weighted by Gasteiger charge is 2.25. The lowest BCUT2D eigenvalue weighted by atomic mass is 10.2. The minimum Gasteiger partial charge on any atom is -0.491 e. The molecule has 0 aliphatic carbocycles. The van der Waals surface area contributed by atoms with Crippen LogP contribution < -0.4 is 10.1 Å². The Morgan fingerprint density at radius 3 is 2.65 bits per heavy atom. The maximum atomic E-state index is 11.8. The SMILES string of the molecule is Cc1ccc(OCCNCC(F)(F)F)c(Br)c1. The second-order valence-electron chi connectivity index (χ2n) is 3.57. The zero-order valence-corrected chi connectivity index (χ0v) is 10.9. The average Bonchev–Trinajstić information content (AvgIpc) is 2.18. The van der Waals surface area contributed by atoms with Crippen molar-refractivity contribution in [2.45, 2.75) is 13.1 Å². The Labute approximate surface area is 106 Å². The Morgan fingerprint density at radius 1 is 1.35 bits per heavy atom. The summed E-state index contributed by atoms with van der Waals surface area (Å²) >= 11 is 3.32. The molecule has 0 amide bonds. The van der Waals surface area contributed by atoms with Gasteiger partial charge in [-0.15, -0.1) is 0 Å². The molecule has 0 unspecified atom stereocenters. The summed E-state index contributed by atoms with van der Waals surface area (Å²) in [5.41, 5.74) is 1.08. The lowest BCUT2D eigenvalue weighted by molar-refractivity contribution is -0.124. The molecule has 0 bridgehead atoms. The molecule has 6 heteroatoms. The molecule has 96 valence electrons. The van der Waals surface area contributed by atoms with E-state index < -0.39 is 12.7 Å². The predicted octanol–water partition coefficient (Wildman–Crippen LogP) is 3.29. The molecule has 0 aliphatic rings. The second kappa shape index (κ2) is 6.26. The Kier molecular flexibility index (Phi) is 5.27. The Morgan fingerprint density at radius 2 is 2.06 bits per heavy atom. The molecule has 0 aliphatic heterocycles. The molecular weight excluding hydrogens is 299 g/mol. The third kappa shape index (κ3) is 5.93. The van der Waals surface area contributed by atoms with E-state index in [0.29, 0.717) is 5.75 Å². The summed E-state index contributed by atoms with van der Waals surface area (Å²) in [6, 6.07) is 5.55. The summed E-state index contributed by atoms with van der Waals surface area (Å²) in [7, 11) is 0. The summed E-state index contributed by atoms with van der Waals surface area (Å²) in [4.78, 5) is 0. The quantitative estimate of drug-likeness (QED) is 0.843. The number of ether oxygens (including phenoxy) is 1. The van der Waals surface area contributed by atoms with Crippen LogP contribution in [-0.4, -0.2) is 25.9 Å². The molecule has 0 atom stereocenters. The van der Waals surface area contributed by atoms with Gasteiger partial charge in [0.15, 0.2) is 0 Å². The average molecular weight is 312 g/mol. The summed E-state index contributed by atoms with van der Waals surface area (Å²) in [6.45, 7) is 1.29. The van der Waals surface area contributed by atoms with Gasteiger partial charge >= 0.3 is 6.18 Å². The first-order valence-corrected chi connectivity index (χ1v) is 5.84. The van der Waals surface area contributed by atoms with E-state index in [-0.39, 0.29) is 13.2 Å². The largest absolute Gasteiger partial charge is 0.491 e. The molecule has 1 aromatic carbocycles. The van der Waals surface area contributed by atoms with Crippen molar-refractivity contribution >= 4 is 15.9 Å². The van der Waals surface area contributed by atoms with E-state index in [4.69, 9.17) is 4.74 Å². The van der Waals surface area contributed by atoms with Crippen molar-refractivity contribution in [2.75, 3.05) is 19.7 Å². The van der Waals surface area contributed by atoms with Gasteiger partial charge in [0.1, 0.15) is 12.4 Å². The highest BCUT2D eigenvalue weighted by molar-refractivity contribution is 9.10. The van der Waals surface area contributed by atoms with E-state index in [1.54, 1.807) is 6.07 Å². The fourth-order valence-electron chi connectivity index (χ4n) is 1.19. The number of alkyl halides is 3. The van der Waals surface area contributed by atoms with Crippen molar-refractivity contribution in [2.24, 2.45) is 0 Å². The fraction of sp³-hybridized carbons (Fsp3) is 0.455. The lowest BCUT2D eigenvalue weighted by Crippen LogP contribution is -2.31. The number of benzene rings is 1. The molecular formula is C11H13BrF3NO. The molecule has 0 heterocycles. The van der Waals surface area contributed by atoms with E-state index in [0.717, 1.165) is 10.0 Å². The Bertz CT molecular complexity index is 368. The maximum Gasteiger partial charge on any atom is 0.401 e. The van der Waals surface area contributed by atoms with Crippen molar-refractivity contribution in [1.82, 2.24) is 5.32 Å². The smallest absolute Gasteiger partial charge is 0.401 e. The molecule has 0 aromatic heterocycles. The molecule has 1 rings (SSSR count). The number of rotatable bonds is 5. The van der Waals surface area contributed by atoms with Gasteiger partial charge < -0.3 is 10.1 Å². The van der Waals surface area contributed by atoms with Crippen LogP contribution >= 0.6 is 15.9 Å². The predicted molar refractivity (Wildman–Crippen MR) is 63.3 cm³/mol. The number of hydrogen-bond donors (Lipinski definition) is 1. The van der Waals surface area contributed by atoms with Crippen LogP contribution in [0, 0.1) is 6.92 Å². The molecule has 1 N–H and O–H groups in total. The molecule has 2 nitrogen and oxygen atoms in total. The second-order valence-corrected chi connectivity index (χ2v) is 4.43. The van der Waals surface area contributed by atoms with Crippen molar-refractivity contribution in [3.8, 4) is 5.75 Å². The first kappa shape index (κ1) is 14.3. The zero-order valence-electron chi connectivity index (χ0n) is 9.27. The number of aryl methyl sites for hydroxylation is 1. The van der Waals surface area contributed by atoms with E-state index in [1.165, 1.54) is 0 Å². The highest BCUT2D eigenvalue weighted by atomic mass is 79.9. The van der Waals surface area contributed by atoms with Gasteiger partial charge in [-0.1, -0.05) is 6.07 Å². The van der Waals surface area contributed by atoms with Gasteiger partial charge in [0.05, 0.1) is 11.0 Å². The lowest BCUT2D eigenvalue weighted by Gasteiger charge is -2.10. The fourth-order valence-corrected chi connectivity index (χ4v) is 1.79. The van der Waals surface area contributed by atoms with Gasteiger partial charge in [0.2, 0.25) is 0 Å². The minimum atomic E-state index is -4.18. The van der Waals surface area contributed by atoms with E-state index in [1.807, 2.05) is 19.1 Å². The first-order valence-electron chi connectivity index (χ1n) is 5.05. The van der Waals surface area contributed by atoms with Gasteiger partial charge in [-0.3, -0.25) is 0 Å². The maximum absolute atomic E-state index is 11.8. The summed E-state index contributed by atoms with van der Waals surface area (Å²) < 4.78 is 41.5. The third-order valence-electron chi connectivity index (χ3n) is 1.95. The van der Waals surface area contributed by atoms with Crippen LogP contribution in [-0.2, 0) is 0 Å². The highest BCUT2D eigenvalue weighted by Crippen LogP contribution is 2.25. The number of halogens is 4. The molecule has 0 radical (unpaired) electrons. The van der Waals surface area contributed by atoms with Crippen LogP contribution in [0.3, 0.4) is 0 Å². The van der Waals surface area contributed by atoms with E-state index in [2.05, 4.69) is 21.2 Å². The molecule has 0 spiro atoms. The van der Waals surface area contributed by atoms with Gasteiger partial charge in [-0.05, 0) is 40.5 Å². The number of hydrogen-bond acceptors (Lipinski definition) is 2. The molecule has 0 fully saturated rings. The van der Waals surface area contributed by atoms with E-state index >= 15 is 0 Å². The molecule has 0 saturated carbocycles. The van der Waals surface area contributed by atoms with Gasteiger partial charge in [0, 0.05) is 6.54 Å². The minimum absolute atomic E-state index is 0.153. The third-order valence-corrected chi connectivity index (χ3v) is 2.57. The van der Waals surface area contributed by atoms with Crippen molar-refractivity contribution in [3.63, 3.8) is 0 Å². The van der Waals surface area contributed by atoms with Gasteiger partial charge in [-0.25, -0.2) is 0 Å². The van der Waals surface area contributed by atoms with Gasteiger partial charge in [-0.2, -0.15) is 13.2 Å². The van der Waals surface area contributed by atoms with Crippen molar-refractivity contribution < 1.29 is 17.9 Å². The monoisotopic (exact) mass is 311 g/mol. The van der Waals surface area contributed by atoms with E-state index in [9.17, 15) is 13.2 Å².